The average Bonchev–Trinajstić information content (AvgIpc) is 1.56. The Morgan fingerprint density at radius 1 is 0.485 bits per heavy atom. The van der Waals surface area contributed by atoms with E-state index in [-0.39, 0.29) is 64.0 Å². The zero-order valence-corrected chi connectivity index (χ0v) is 56.3. The van der Waals surface area contributed by atoms with E-state index in [1.165, 1.54) is 60.7 Å². The Morgan fingerprint density at radius 3 is 1.31 bits per heavy atom. The van der Waals surface area contributed by atoms with E-state index in [0.29, 0.717) is 65.6 Å². The number of imidazole rings is 1. The number of carbonyl (C=O) groups is 3. The van der Waals surface area contributed by atoms with Gasteiger partial charge in [-0.05, 0) is 146 Å². The summed E-state index contributed by atoms with van der Waals surface area (Å²) in [5.74, 6) is -2.04. The molecule has 1 aliphatic rings. The van der Waals surface area contributed by atoms with Gasteiger partial charge in [-0.1, -0.05) is 121 Å². The molecule has 0 saturated carbocycles. The molecule has 11 rings (SSSR count). The smallest absolute Gasteiger partial charge is 0.283 e. The second-order valence-electron chi connectivity index (χ2n) is 23.0. The van der Waals surface area contributed by atoms with Crippen LogP contribution in [0.5, 0.6) is 0 Å². The Kier molecular flexibility index (Phi) is 23.2. The summed E-state index contributed by atoms with van der Waals surface area (Å²) in [6, 6.07) is 63.0. The summed E-state index contributed by atoms with van der Waals surface area (Å²) in [7, 11) is -7.03. The van der Waals surface area contributed by atoms with E-state index < -0.39 is 41.7 Å². The Morgan fingerprint density at radius 2 is 0.887 bits per heavy atom. The molecule has 0 atom stereocenters. The molecule has 0 spiro atoms. The molecule has 97 heavy (non-hydrogen) atoms. The predicted octanol–water partition coefficient (Wildman–Crippen LogP) is 12.2. The van der Waals surface area contributed by atoms with Crippen LogP contribution in [-0.2, 0) is 56.8 Å². The van der Waals surface area contributed by atoms with Crippen molar-refractivity contribution in [1.29, 1.82) is 0 Å². The van der Waals surface area contributed by atoms with Gasteiger partial charge in [-0.15, -0.1) is 0 Å². The maximum atomic E-state index is 14.2. The highest BCUT2D eigenvalue weighted by Crippen LogP contribution is 2.31. The Balaban J connectivity index is 0.000000173. The van der Waals surface area contributed by atoms with Gasteiger partial charge in [0.1, 0.15) is 17.5 Å². The number of aryl methyl sites for hydroxylation is 1. The summed E-state index contributed by atoms with van der Waals surface area (Å²) >= 11 is 0. The third-order valence-electron chi connectivity index (χ3n) is 15.3. The topological polar surface area (TPSA) is 203 Å². The zero-order chi connectivity index (χ0) is 69.4. The van der Waals surface area contributed by atoms with Crippen LogP contribution in [0.2, 0.25) is 0 Å². The monoisotopic (exact) mass is 1370 g/mol. The van der Waals surface area contributed by atoms with Crippen molar-refractivity contribution in [1.82, 2.24) is 24.7 Å². The third kappa shape index (κ3) is 18.1. The summed E-state index contributed by atoms with van der Waals surface area (Å²) in [6.45, 7) is 5.77. The van der Waals surface area contributed by atoms with Crippen LogP contribution >= 0.6 is 0 Å². The maximum Gasteiger partial charge on any atom is 0.283 e. The van der Waals surface area contributed by atoms with Crippen LogP contribution in [0.25, 0.3) is 0 Å². The van der Waals surface area contributed by atoms with E-state index in [1.807, 2.05) is 110 Å². The highest BCUT2D eigenvalue weighted by atomic mass is 32.2. The number of nitrogens with one attached hydrogen (secondary N) is 1. The number of halogens is 3. The number of nitrogens with zero attached hydrogens (tertiary/aromatic N) is 8. The highest BCUT2D eigenvalue weighted by Gasteiger charge is 2.31. The molecule has 0 unspecified atom stereocenters. The lowest BCUT2D eigenvalue weighted by molar-refractivity contribution is 0.0745. The highest BCUT2D eigenvalue weighted by molar-refractivity contribution is 7.93. The fourth-order valence-corrected chi connectivity index (χ4v) is 14.6. The van der Waals surface area contributed by atoms with Crippen LogP contribution in [0.15, 0.2) is 264 Å². The first-order valence-corrected chi connectivity index (χ1v) is 35.0. The molecule has 24 heteroatoms. The van der Waals surface area contributed by atoms with Crippen LogP contribution < -0.4 is 23.1 Å². The minimum absolute atomic E-state index is 0.0285. The molecular weight excluding hydrogens is 1300 g/mol. The van der Waals surface area contributed by atoms with E-state index in [9.17, 15) is 52.8 Å². The first-order chi connectivity index (χ1) is 46.4. The number of aromatic nitrogens is 2. The Bertz CT molecular complexity index is 4680. The van der Waals surface area contributed by atoms with Gasteiger partial charge in [-0.3, -0.25) is 27.3 Å². The third-order valence-corrected chi connectivity index (χ3v) is 20.5. The normalized spacial score (nSPS) is 12.3. The van der Waals surface area contributed by atoms with E-state index in [1.54, 1.807) is 122 Å². The average molecular weight is 1370 g/mol. The summed E-state index contributed by atoms with van der Waals surface area (Å²) in [6.07, 6.45) is 2.89. The van der Waals surface area contributed by atoms with Crippen LogP contribution in [0, 0.1) is 17.5 Å². The molecule has 2 heterocycles. The summed E-state index contributed by atoms with van der Waals surface area (Å²) in [5, 5.41) is 2.73. The Labute approximate surface area is 564 Å². The zero-order valence-electron chi connectivity index (χ0n) is 53.8. The standard InChI is InChI=1S/C28H28FN5O3S.C23H23FN2O3S.C22H21FN2O3S/c1-31-20-27(30-21-31)38(36,37)34(19-22-8-3-2-4-9-22)24-11-7-10-23(18-24)28(35)33-16-14-32(15-17-33)26-13-6-5-12-25(26)29;1-17(2)25-23(27)19-9-6-10-21(15-19)26(16-18-7-4-3-5-8-18)30(28,29)22-13-11-20(24)12-14-22;1-24(2)22(26)18-9-6-10-20(15-18)25(16-17-7-4-3-5-8-17)29(27,28)21-13-11-19(23)12-14-21/h2-13,18,20-21H,14-17,19H2,1H3;3-15,17H,16H2,1-2H3,(H,25,27);3-15H,16H2,1-2H3. The molecule has 1 saturated heterocycles. The number of amides is 3. The lowest BCUT2D eigenvalue weighted by Crippen LogP contribution is -2.49. The number of hydrogen-bond donors (Lipinski definition) is 1. The molecular formula is C73H72F3N9O9S3. The van der Waals surface area contributed by atoms with Crippen molar-refractivity contribution in [2.75, 3.05) is 58.1 Å². The SMILES string of the molecule is CC(C)NC(=O)c1cccc(N(Cc2ccccc2)S(=O)(=O)c2ccc(F)cc2)c1.CN(C)C(=O)c1cccc(N(Cc2ccccc2)S(=O)(=O)c2ccc(F)cc2)c1.Cn1cnc(S(=O)(=O)N(Cc2ccccc2)c2cccc(C(=O)N3CCN(c4ccccc4F)CC3)c2)c1. The van der Waals surface area contributed by atoms with Crippen molar-refractivity contribution in [3.63, 3.8) is 0 Å². The quantitative estimate of drug-likeness (QED) is 0.0760. The van der Waals surface area contributed by atoms with Crippen LogP contribution in [0.4, 0.5) is 35.9 Å². The molecule has 1 aromatic heterocycles. The number of rotatable bonds is 20. The van der Waals surface area contributed by atoms with Gasteiger partial charge < -0.3 is 24.6 Å². The number of benzene rings is 9. The van der Waals surface area contributed by atoms with Crippen molar-refractivity contribution in [2.45, 2.75) is 54.3 Å². The van der Waals surface area contributed by atoms with Crippen molar-refractivity contribution in [3.8, 4) is 0 Å². The van der Waals surface area contributed by atoms with E-state index >= 15 is 0 Å². The van der Waals surface area contributed by atoms with Gasteiger partial charge in [0, 0.05) is 76.3 Å². The first kappa shape index (κ1) is 70.7. The van der Waals surface area contributed by atoms with Gasteiger partial charge in [0.15, 0.2) is 5.03 Å². The number of hydrogen-bond acceptors (Lipinski definition) is 11. The summed E-state index contributed by atoms with van der Waals surface area (Å²) in [4.78, 5) is 47.3. The minimum atomic E-state index is -4.01. The largest absolute Gasteiger partial charge is 0.366 e. The van der Waals surface area contributed by atoms with Gasteiger partial charge in [0.05, 0.1) is 58.5 Å². The molecule has 1 aliphatic heterocycles. The fourth-order valence-electron chi connectivity index (χ4n) is 10.3. The predicted molar refractivity (Wildman–Crippen MR) is 370 cm³/mol. The lowest BCUT2D eigenvalue weighted by atomic mass is 10.1. The molecule has 0 bridgehead atoms. The number of anilines is 4. The van der Waals surface area contributed by atoms with E-state index in [2.05, 4.69) is 10.3 Å². The fraction of sp³-hybridized carbons (Fsp3) is 0.178. The van der Waals surface area contributed by atoms with E-state index in [4.69, 9.17) is 0 Å². The molecule has 0 aliphatic carbocycles. The second kappa shape index (κ2) is 31.8. The molecule has 502 valence electrons. The lowest BCUT2D eigenvalue weighted by Gasteiger charge is -2.36. The van der Waals surface area contributed by atoms with Crippen molar-refractivity contribution in [2.24, 2.45) is 7.05 Å². The molecule has 0 radical (unpaired) electrons. The Hall–Kier alpha value is -10.6. The number of sulfonamides is 3. The molecule has 9 aromatic carbocycles. The van der Waals surface area contributed by atoms with Gasteiger partial charge in [-0.25, -0.2) is 35.0 Å². The van der Waals surface area contributed by atoms with Crippen LogP contribution in [-0.4, -0.2) is 109 Å². The van der Waals surface area contributed by atoms with Crippen molar-refractivity contribution < 1.29 is 52.8 Å². The number of piperazine rings is 1. The van der Waals surface area contributed by atoms with E-state index in [0.717, 1.165) is 41.0 Å². The van der Waals surface area contributed by atoms with Crippen molar-refractivity contribution in [3.05, 3.63) is 300 Å². The molecule has 18 nitrogen and oxygen atoms in total. The molecule has 1 fully saturated rings. The number of para-hydroxylation sites is 1. The molecule has 3 amide bonds. The van der Waals surface area contributed by atoms with Gasteiger partial charge in [-0.2, -0.15) is 8.42 Å². The van der Waals surface area contributed by atoms with Gasteiger partial charge in [0.25, 0.3) is 47.8 Å². The van der Waals surface area contributed by atoms with Gasteiger partial charge >= 0.3 is 0 Å². The maximum absolute atomic E-state index is 14.2. The minimum Gasteiger partial charge on any atom is -0.366 e. The first-order valence-electron chi connectivity index (χ1n) is 30.7. The molecule has 10 aromatic rings. The van der Waals surface area contributed by atoms with Crippen LogP contribution in [0.1, 0.15) is 61.6 Å². The second-order valence-corrected chi connectivity index (χ2v) is 28.5. The van der Waals surface area contributed by atoms with Gasteiger partial charge in [0.2, 0.25) is 0 Å². The number of carbonyl (C=O) groups excluding carboxylic acids is 3. The summed E-state index contributed by atoms with van der Waals surface area (Å²) in [5.41, 5.74) is 5.07. The molecule has 1 N–H and O–H groups in total. The summed E-state index contributed by atoms with van der Waals surface area (Å²) < 4.78 is 127. The van der Waals surface area contributed by atoms with Crippen molar-refractivity contribution >= 4 is 70.5 Å². The van der Waals surface area contributed by atoms with Crippen LogP contribution in [0.3, 0.4) is 0 Å².